The first-order valence-electron chi connectivity index (χ1n) is 19.3. The topological polar surface area (TPSA) is 275 Å². The fraction of sp³-hybridized carbons (Fsp3) is 0.525. The highest BCUT2D eigenvalue weighted by Crippen LogP contribution is 2.20. The lowest BCUT2D eigenvalue weighted by Crippen LogP contribution is -2.60. The molecule has 1 saturated heterocycles. The first kappa shape index (κ1) is 45.8. The highest BCUT2D eigenvalue weighted by molar-refractivity contribution is 5.97. The second kappa shape index (κ2) is 22.9. The molecule has 1 aliphatic heterocycles. The number of unbranched alkanes of at least 4 members (excludes halogenated alkanes) is 1. The van der Waals surface area contributed by atoms with Crippen LogP contribution in [0.5, 0.6) is 5.75 Å². The molecule has 1 heterocycles. The monoisotopic (exact) mass is 794 g/mol. The van der Waals surface area contributed by atoms with Crippen molar-refractivity contribution < 1.29 is 43.8 Å². The van der Waals surface area contributed by atoms with Gasteiger partial charge in [-0.15, -0.1) is 0 Å². The molecule has 0 spiro atoms. The number of likely N-dealkylation sites (tertiary alicyclic amines) is 1. The molecule has 17 nitrogen and oxygen atoms in total. The molecule has 11 N–H and O–H groups in total. The molecule has 1 fully saturated rings. The van der Waals surface area contributed by atoms with E-state index in [-0.39, 0.29) is 43.9 Å². The van der Waals surface area contributed by atoms with E-state index in [1.165, 1.54) is 24.0 Å². The molecular weight excluding hydrogens is 736 g/mol. The SMILES string of the molecule is CC(=O)N[C@@H](Cc1ccc(O)cc1)C(=O)N[C@H](Cc1ccccc1)C(=O)N[C@@H](CO)C(=O)N1CCC[C@H]1C(=O)N[C@@H](CCCCN)C(=O)N[C@@H](CC(C)C)C(N)=O. The van der Waals surface area contributed by atoms with Gasteiger partial charge in [0.05, 0.1) is 6.61 Å². The summed E-state index contributed by atoms with van der Waals surface area (Å²) in [5.74, 6) is -4.58. The smallest absolute Gasteiger partial charge is 0.248 e. The van der Waals surface area contributed by atoms with Gasteiger partial charge in [0.15, 0.2) is 0 Å². The molecule has 7 amide bonds. The van der Waals surface area contributed by atoms with Crippen LogP contribution in [-0.4, -0.2) is 112 Å². The molecule has 3 rings (SSSR count). The third-order valence-corrected chi connectivity index (χ3v) is 9.57. The molecule has 0 aliphatic carbocycles. The molecule has 312 valence electrons. The predicted octanol–water partition coefficient (Wildman–Crippen LogP) is -0.735. The number of aliphatic hydroxyl groups excluding tert-OH is 1. The normalized spacial score (nSPS) is 16.4. The van der Waals surface area contributed by atoms with Crippen LogP contribution in [0.2, 0.25) is 0 Å². The summed E-state index contributed by atoms with van der Waals surface area (Å²) in [5, 5.41) is 33.2. The Morgan fingerprint density at radius 1 is 0.754 bits per heavy atom. The summed E-state index contributed by atoms with van der Waals surface area (Å²) in [6, 6.07) is 7.97. The number of benzene rings is 2. The van der Waals surface area contributed by atoms with E-state index in [1.807, 2.05) is 13.8 Å². The quantitative estimate of drug-likeness (QED) is 0.0674. The van der Waals surface area contributed by atoms with E-state index >= 15 is 0 Å². The van der Waals surface area contributed by atoms with Crippen LogP contribution >= 0.6 is 0 Å². The number of phenolic OH excluding ortho intramolecular Hbond substituents is 1. The van der Waals surface area contributed by atoms with Crippen LogP contribution in [0.4, 0.5) is 0 Å². The van der Waals surface area contributed by atoms with Crippen LogP contribution in [0, 0.1) is 5.92 Å². The third-order valence-electron chi connectivity index (χ3n) is 9.57. The van der Waals surface area contributed by atoms with E-state index in [1.54, 1.807) is 42.5 Å². The summed E-state index contributed by atoms with van der Waals surface area (Å²) >= 11 is 0. The number of amides is 7. The van der Waals surface area contributed by atoms with E-state index in [0.29, 0.717) is 43.4 Å². The first-order valence-corrected chi connectivity index (χ1v) is 19.3. The molecular formula is C40H58N8O9. The van der Waals surface area contributed by atoms with Crippen LogP contribution in [0.25, 0.3) is 0 Å². The van der Waals surface area contributed by atoms with Gasteiger partial charge >= 0.3 is 0 Å². The second-order valence-corrected chi connectivity index (χ2v) is 14.7. The number of phenols is 1. The summed E-state index contributed by atoms with van der Waals surface area (Å²) in [6.45, 7) is 4.67. The molecule has 0 bridgehead atoms. The Hall–Kier alpha value is -5.55. The summed E-state index contributed by atoms with van der Waals surface area (Å²) in [7, 11) is 0. The lowest BCUT2D eigenvalue weighted by atomic mass is 10.0. The van der Waals surface area contributed by atoms with Gasteiger partial charge in [-0.2, -0.15) is 0 Å². The van der Waals surface area contributed by atoms with Crippen molar-refractivity contribution in [2.75, 3.05) is 19.7 Å². The van der Waals surface area contributed by atoms with Gasteiger partial charge in [-0.05, 0) is 74.2 Å². The largest absolute Gasteiger partial charge is 0.508 e. The Morgan fingerprint density at radius 3 is 1.88 bits per heavy atom. The zero-order valence-electron chi connectivity index (χ0n) is 32.9. The first-order chi connectivity index (χ1) is 27.1. The third kappa shape index (κ3) is 14.8. The van der Waals surface area contributed by atoms with Crippen molar-refractivity contribution in [2.24, 2.45) is 17.4 Å². The van der Waals surface area contributed by atoms with Crippen molar-refractivity contribution in [1.82, 2.24) is 31.5 Å². The molecule has 2 aromatic rings. The number of aromatic hydroxyl groups is 1. The van der Waals surface area contributed by atoms with Crippen LogP contribution in [-0.2, 0) is 46.4 Å². The van der Waals surface area contributed by atoms with Crippen molar-refractivity contribution in [2.45, 2.75) is 108 Å². The predicted molar refractivity (Wildman–Crippen MR) is 211 cm³/mol. The minimum Gasteiger partial charge on any atom is -0.508 e. The van der Waals surface area contributed by atoms with E-state index in [4.69, 9.17) is 11.5 Å². The highest BCUT2D eigenvalue weighted by atomic mass is 16.3. The van der Waals surface area contributed by atoms with Crippen LogP contribution in [0.15, 0.2) is 54.6 Å². The zero-order chi connectivity index (χ0) is 42.1. The Labute approximate surface area is 333 Å². The zero-order valence-corrected chi connectivity index (χ0v) is 32.9. The number of nitrogens with two attached hydrogens (primary N) is 2. The summed E-state index contributed by atoms with van der Waals surface area (Å²) in [5.41, 5.74) is 12.5. The number of carbonyl (C=O) groups is 7. The number of primary amides is 1. The molecule has 0 unspecified atom stereocenters. The number of hydrogen-bond donors (Lipinski definition) is 9. The van der Waals surface area contributed by atoms with Crippen molar-refractivity contribution >= 4 is 41.4 Å². The van der Waals surface area contributed by atoms with Gasteiger partial charge in [0.2, 0.25) is 41.4 Å². The molecule has 2 aromatic carbocycles. The maximum Gasteiger partial charge on any atom is 0.248 e. The molecule has 1 aliphatic rings. The average molecular weight is 795 g/mol. The Balaban J connectivity index is 1.78. The maximum atomic E-state index is 13.9. The molecule has 0 radical (unpaired) electrons. The van der Waals surface area contributed by atoms with E-state index in [0.717, 1.165) is 0 Å². The summed E-state index contributed by atoms with van der Waals surface area (Å²) in [6.07, 6.45) is 2.30. The fourth-order valence-corrected chi connectivity index (χ4v) is 6.63. The van der Waals surface area contributed by atoms with Gasteiger partial charge in [0.1, 0.15) is 42.0 Å². The lowest BCUT2D eigenvalue weighted by Gasteiger charge is -2.30. The van der Waals surface area contributed by atoms with Crippen molar-refractivity contribution in [3.05, 3.63) is 65.7 Å². The number of nitrogens with zero attached hydrogens (tertiary/aromatic N) is 1. The van der Waals surface area contributed by atoms with Gasteiger partial charge in [0.25, 0.3) is 0 Å². The Bertz CT molecular complexity index is 1670. The number of nitrogens with one attached hydrogen (secondary N) is 5. The number of aliphatic hydroxyl groups is 1. The molecule has 0 aromatic heterocycles. The molecule has 57 heavy (non-hydrogen) atoms. The number of hydrogen-bond acceptors (Lipinski definition) is 10. The van der Waals surface area contributed by atoms with Gasteiger partial charge in [-0.1, -0.05) is 56.3 Å². The van der Waals surface area contributed by atoms with E-state index < -0.39 is 84.2 Å². The minimum absolute atomic E-state index is 0.00706. The molecule has 0 saturated carbocycles. The van der Waals surface area contributed by atoms with Gasteiger partial charge < -0.3 is 53.2 Å². The number of carbonyl (C=O) groups excluding carboxylic acids is 7. The summed E-state index contributed by atoms with van der Waals surface area (Å²) < 4.78 is 0. The van der Waals surface area contributed by atoms with Crippen molar-refractivity contribution in [3.63, 3.8) is 0 Å². The number of rotatable bonds is 22. The highest BCUT2D eigenvalue weighted by Gasteiger charge is 2.40. The standard InChI is InChI=1S/C40H58N8O9/c1-24(2)20-30(35(42)52)45-36(53)29(12-7-8-18-41)44-39(56)34-13-9-19-48(34)40(57)33(23-49)47-38(55)32(21-26-10-5-4-6-11-26)46-37(54)31(43-25(3)50)22-27-14-16-28(51)17-15-27/h4-6,10-11,14-17,24,29-34,49,51H,7-9,12-13,18-23,41H2,1-3H3,(H2,42,52)(H,43,50)(H,44,56)(H,45,53)(H,46,54)(H,47,55)/t29-,30-,31-,32+,33-,34-/m0/s1. The fourth-order valence-electron chi connectivity index (χ4n) is 6.63. The van der Waals surface area contributed by atoms with Gasteiger partial charge in [0, 0.05) is 26.3 Å². The lowest BCUT2D eigenvalue weighted by molar-refractivity contribution is -0.143. The van der Waals surface area contributed by atoms with Crippen LogP contribution in [0.3, 0.4) is 0 Å². The summed E-state index contributed by atoms with van der Waals surface area (Å²) in [4.78, 5) is 93.9. The van der Waals surface area contributed by atoms with Crippen molar-refractivity contribution in [3.8, 4) is 5.75 Å². The van der Waals surface area contributed by atoms with Crippen LogP contribution < -0.4 is 38.1 Å². The molecule has 6 atom stereocenters. The second-order valence-electron chi connectivity index (χ2n) is 14.7. The Kier molecular flexibility index (Phi) is 18.4. The Morgan fingerprint density at radius 2 is 1.32 bits per heavy atom. The minimum atomic E-state index is -1.50. The van der Waals surface area contributed by atoms with Crippen LogP contribution in [0.1, 0.15) is 70.4 Å². The van der Waals surface area contributed by atoms with Crippen molar-refractivity contribution in [1.29, 1.82) is 0 Å². The molecule has 17 heteroatoms. The van der Waals surface area contributed by atoms with Gasteiger partial charge in [-0.3, -0.25) is 33.6 Å². The average Bonchev–Trinajstić information content (AvgIpc) is 3.67. The van der Waals surface area contributed by atoms with E-state index in [9.17, 15) is 43.8 Å². The maximum absolute atomic E-state index is 13.9. The van der Waals surface area contributed by atoms with E-state index in [2.05, 4.69) is 26.6 Å². The van der Waals surface area contributed by atoms with Gasteiger partial charge in [-0.25, -0.2) is 0 Å².